The van der Waals surface area contributed by atoms with E-state index in [0.29, 0.717) is 13.0 Å². The highest BCUT2D eigenvalue weighted by Gasteiger charge is 2.41. The van der Waals surface area contributed by atoms with Crippen LogP contribution in [0.1, 0.15) is 13.3 Å². The maximum atomic E-state index is 11.1. The molecule has 110 valence electrons. The Morgan fingerprint density at radius 2 is 2.35 bits per heavy atom. The van der Waals surface area contributed by atoms with E-state index in [0.717, 1.165) is 0 Å². The van der Waals surface area contributed by atoms with Crippen LogP contribution in [0.3, 0.4) is 0 Å². The highest BCUT2D eigenvalue weighted by atomic mass is 16.6. The van der Waals surface area contributed by atoms with Crippen LogP contribution in [0.25, 0.3) is 0 Å². The fourth-order valence-electron chi connectivity index (χ4n) is 2.17. The number of anilines is 1. The number of hydrogen-bond acceptors (Lipinski definition) is 8. The maximum absolute atomic E-state index is 11.1. The fraction of sp³-hybridized carbons (Fsp3) is 0.636. The molecule has 3 unspecified atom stereocenters. The first-order valence-corrected chi connectivity index (χ1v) is 6.25. The third kappa shape index (κ3) is 2.63. The molecule has 1 aliphatic rings. The first-order valence-electron chi connectivity index (χ1n) is 6.25. The SMILES string of the molecule is CCOC1CC(N)C1Nc1ncnc(OC)c1[N+](=O)[O-]. The van der Waals surface area contributed by atoms with Crippen molar-refractivity contribution >= 4 is 11.5 Å². The molecule has 9 nitrogen and oxygen atoms in total. The van der Waals surface area contributed by atoms with E-state index in [1.165, 1.54) is 13.4 Å². The minimum Gasteiger partial charge on any atom is -0.476 e. The summed E-state index contributed by atoms with van der Waals surface area (Å²) in [5.41, 5.74) is 5.60. The van der Waals surface area contributed by atoms with Crippen LogP contribution < -0.4 is 15.8 Å². The smallest absolute Gasteiger partial charge is 0.372 e. The molecule has 1 saturated carbocycles. The summed E-state index contributed by atoms with van der Waals surface area (Å²) in [7, 11) is 1.32. The van der Waals surface area contributed by atoms with Gasteiger partial charge in [0.1, 0.15) is 6.33 Å². The van der Waals surface area contributed by atoms with Crippen molar-refractivity contribution in [3.63, 3.8) is 0 Å². The quantitative estimate of drug-likeness (QED) is 0.564. The predicted molar refractivity (Wildman–Crippen MR) is 70.7 cm³/mol. The molecule has 2 rings (SSSR count). The third-order valence-corrected chi connectivity index (χ3v) is 3.22. The van der Waals surface area contributed by atoms with Gasteiger partial charge in [0.2, 0.25) is 5.82 Å². The average molecular weight is 283 g/mol. The van der Waals surface area contributed by atoms with Crippen LogP contribution in [0.2, 0.25) is 0 Å². The molecule has 0 spiro atoms. The Morgan fingerprint density at radius 3 is 2.90 bits per heavy atom. The van der Waals surface area contributed by atoms with Crippen LogP contribution in [-0.2, 0) is 4.74 Å². The minimum absolute atomic E-state index is 0.0736. The Balaban J connectivity index is 2.22. The lowest BCUT2D eigenvalue weighted by Gasteiger charge is -2.42. The number of rotatable bonds is 6. The largest absolute Gasteiger partial charge is 0.476 e. The second-order valence-electron chi connectivity index (χ2n) is 4.40. The Kier molecular flexibility index (Phi) is 4.30. The van der Waals surface area contributed by atoms with Crippen LogP contribution in [0, 0.1) is 10.1 Å². The summed E-state index contributed by atoms with van der Waals surface area (Å²) in [5.74, 6) is 0.0000536. The molecule has 9 heteroatoms. The van der Waals surface area contributed by atoms with E-state index in [4.69, 9.17) is 15.2 Å². The van der Waals surface area contributed by atoms with E-state index in [-0.39, 0.29) is 35.6 Å². The molecule has 0 aromatic carbocycles. The van der Waals surface area contributed by atoms with Crippen LogP contribution >= 0.6 is 0 Å². The van der Waals surface area contributed by atoms with Gasteiger partial charge in [0, 0.05) is 12.6 Å². The normalized spacial score (nSPS) is 24.9. The van der Waals surface area contributed by atoms with Gasteiger partial charge in [0.05, 0.1) is 24.2 Å². The number of nitrogens with one attached hydrogen (secondary N) is 1. The number of methoxy groups -OCH3 is 1. The molecule has 0 bridgehead atoms. The predicted octanol–water partition coefficient (Wildman–Crippen LogP) is 0.310. The first kappa shape index (κ1) is 14.4. The summed E-state index contributed by atoms with van der Waals surface area (Å²) in [6.45, 7) is 2.45. The lowest BCUT2D eigenvalue weighted by molar-refractivity contribution is -0.385. The molecule has 0 amide bonds. The van der Waals surface area contributed by atoms with Crippen molar-refractivity contribution in [2.75, 3.05) is 19.0 Å². The second-order valence-corrected chi connectivity index (χ2v) is 4.40. The molecule has 20 heavy (non-hydrogen) atoms. The van der Waals surface area contributed by atoms with Gasteiger partial charge in [-0.3, -0.25) is 10.1 Å². The van der Waals surface area contributed by atoms with Gasteiger partial charge in [-0.05, 0) is 13.3 Å². The van der Waals surface area contributed by atoms with E-state index in [1.807, 2.05) is 6.92 Å². The van der Waals surface area contributed by atoms with Crippen LogP contribution in [0.15, 0.2) is 6.33 Å². The van der Waals surface area contributed by atoms with Gasteiger partial charge in [-0.1, -0.05) is 0 Å². The first-order chi connectivity index (χ1) is 9.58. The Bertz CT molecular complexity index is 496. The van der Waals surface area contributed by atoms with Gasteiger partial charge < -0.3 is 20.5 Å². The lowest BCUT2D eigenvalue weighted by atomic mass is 9.83. The van der Waals surface area contributed by atoms with Crippen molar-refractivity contribution in [2.45, 2.75) is 31.5 Å². The molecule has 3 atom stereocenters. The zero-order valence-corrected chi connectivity index (χ0v) is 11.3. The lowest BCUT2D eigenvalue weighted by Crippen LogP contribution is -2.60. The van der Waals surface area contributed by atoms with Crippen LogP contribution in [0.5, 0.6) is 5.88 Å². The Hall–Kier alpha value is -2.00. The van der Waals surface area contributed by atoms with Gasteiger partial charge in [-0.25, -0.2) is 4.98 Å². The second kappa shape index (κ2) is 5.97. The summed E-state index contributed by atoms with van der Waals surface area (Å²) < 4.78 is 10.4. The topological polar surface area (TPSA) is 125 Å². The number of aromatic nitrogens is 2. The zero-order valence-electron chi connectivity index (χ0n) is 11.3. The van der Waals surface area contributed by atoms with E-state index in [2.05, 4.69) is 15.3 Å². The van der Waals surface area contributed by atoms with Crippen molar-refractivity contribution in [3.8, 4) is 5.88 Å². The zero-order chi connectivity index (χ0) is 14.7. The van der Waals surface area contributed by atoms with E-state index < -0.39 is 4.92 Å². The van der Waals surface area contributed by atoms with Crippen molar-refractivity contribution in [2.24, 2.45) is 5.73 Å². The molecule has 0 radical (unpaired) electrons. The van der Waals surface area contributed by atoms with Crippen molar-refractivity contribution < 1.29 is 14.4 Å². The highest BCUT2D eigenvalue weighted by molar-refractivity contribution is 5.62. The highest BCUT2D eigenvalue weighted by Crippen LogP contribution is 2.33. The standard InChI is InChI=1S/C11H17N5O4/c1-3-20-7-4-6(12)8(7)15-10-9(16(17)18)11(19-2)14-5-13-10/h5-8H,3-4,12H2,1-2H3,(H,13,14,15). The number of hydrogen-bond donors (Lipinski definition) is 2. The van der Waals surface area contributed by atoms with Crippen molar-refractivity contribution in [3.05, 3.63) is 16.4 Å². The average Bonchev–Trinajstić information content (AvgIpc) is 2.43. The minimum atomic E-state index is -0.582. The van der Waals surface area contributed by atoms with E-state index in [1.54, 1.807) is 0 Å². The van der Waals surface area contributed by atoms with Gasteiger partial charge in [-0.2, -0.15) is 4.98 Å². The number of nitro groups is 1. The summed E-state index contributed by atoms with van der Waals surface area (Å²) in [6.07, 6.45) is 1.84. The molecule has 3 N–H and O–H groups in total. The molecular formula is C11H17N5O4. The summed E-state index contributed by atoms with van der Waals surface area (Å²) in [4.78, 5) is 18.2. The van der Waals surface area contributed by atoms with Crippen LogP contribution in [0.4, 0.5) is 11.5 Å². The monoisotopic (exact) mass is 283 g/mol. The van der Waals surface area contributed by atoms with Gasteiger partial charge in [0.15, 0.2) is 0 Å². The molecule has 0 aliphatic heterocycles. The van der Waals surface area contributed by atoms with E-state index >= 15 is 0 Å². The summed E-state index contributed by atoms with van der Waals surface area (Å²) in [6, 6.07) is -0.347. The van der Waals surface area contributed by atoms with Gasteiger partial charge >= 0.3 is 5.69 Å². The van der Waals surface area contributed by atoms with Crippen LogP contribution in [-0.4, -0.2) is 46.8 Å². The molecule has 1 aliphatic carbocycles. The maximum Gasteiger partial charge on any atom is 0.372 e. The summed E-state index contributed by atoms with van der Waals surface area (Å²) >= 11 is 0. The van der Waals surface area contributed by atoms with Gasteiger partial charge in [-0.15, -0.1) is 0 Å². The number of nitrogens with zero attached hydrogens (tertiary/aromatic N) is 3. The number of nitrogens with two attached hydrogens (primary N) is 1. The molecule has 0 saturated heterocycles. The number of ether oxygens (including phenoxy) is 2. The summed E-state index contributed by atoms with van der Waals surface area (Å²) in [5, 5.41) is 14.1. The third-order valence-electron chi connectivity index (χ3n) is 3.22. The molecule has 1 aromatic rings. The molecule has 1 heterocycles. The van der Waals surface area contributed by atoms with E-state index in [9.17, 15) is 10.1 Å². The molecular weight excluding hydrogens is 266 g/mol. The Morgan fingerprint density at radius 1 is 1.60 bits per heavy atom. The van der Waals surface area contributed by atoms with Gasteiger partial charge in [0.25, 0.3) is 5.88 Å². The van der Waals surface area contributed by atoms with Crippen molar-refractivity contribution in [1.29, 1.82) is 0 Å². The fourth-order valence-corrected chi connectivity index (χ4v) is 2.17. The molecule has 1 aromatic heterocycles. The van der Waals surface area contributed by atoms with Crippen molar-refractivity contribution in [1.82, 2.24) is 9.97 Å². The Labute approximate surface area is 115 Å². The molecule has 1 fully saturated rings.